The number of hydrogen-bond donors (Lipinski definition) is 1. The van der Waals surface area contributed by atoms with E-state index in [4.69, 9.17) is 16.6 Å². The average Bonchev–Trinajstić information content (AvgIpc) is 3.14. The van der Waals surface area contributed by atoms with Crippen LogP contribution < -0.4 is 5.32 Å². The van der Waals surface area contributed by atoms with Crippen LogP contribution in [0.4, 0.5) is 11.5 Å². The molecule has 0 aliphatic rings. The summed E-state index contributed by atoms with van der Waals surface area (Å²) < 4.78 is 2.01. The first kappa shape index (κ1) is 15.2. The summed E-state index contributed by atoms with van der Waals surface area (Å²) >= 11 is 7.94. The molecule has 0 unspecified atom stereocenters. The van der Waals surface area contributed by atoms with Crippen molar-refractivity contribution in [3.8, 4) is 10.6 Å². The third-order valence-electron chi connectivity index (χ3n) is 3.87. The van der Waals surface area contributed by atoms with Gasteiger partial charge in [0.15, 0.2) is 0 Å². The second kappa shape index (κ2) is 5.96. The lowest BCUT2D eigenvalue weighted by molar-refractivity contribution is 1.18. The van der Waals surface area contributed by atoms with Crippen molar-refractivity contribution in [2.45, 2.75) is 13.8 Å². The molecule has 0 saturated heterocycles. The fourth-order valence-electron chi connectivity index (χ4n) is 2.65. The SMILES string of the molecule is Cc1ccc(Nc2c(-c3ccc(C)s3)nc3ccc(Cl)cn23)cc1. The summed E-state index contributed by atoms with van der Waals surface area (Å²) in [6.45, 7) is 4.19. The van der Waals surface area contributed by atoms with Crippen molar-refractivity contribution in [3.05, 3.63) is 70.2 Å². The Bertz CT molecular complexity index is 1010. The van der Waals surface area contributed by atoms with Crippen molar-refractivity contribution in [2.75, 3.05) is 5.32 Å². The lowest BCUT2D eigenvalue weighted by atomic mass is 10.2. The van der Waals surface area contributed by atoms with Gasteiger partial charge in [0.2, 0.25) is 0 Å². The molecule has 4 rings (SSSR count). The molecule has 120 valence electrons. The molecule has 4 aromatic rings. The van der Waals surface area contributed by atoms with E-state index in [-0.39, 0.29) is 0 Å². The first-order valence-corrected chi connectivity index (χ1v) is 8.88. The number of pyridine rings is 1. The molecule has 0 atom stereocenters. The number of aryl methyl sites for hydroxylation is 2. The minimum absolute atomic E-state index is 0.681. The van der Waals surface area contributed by atoms with Crippen molar-refractivity contribution < 1.29 is 0 Å². The standard InChI is InChI=1S/C19H16ClN3S/c1-12-3-7-15(8-4-12)21-19-18(16-9-5-13(2)24-16)22-17-10-6-14(20)11-23(17)19/h3-11,21H,1-2H3. The number of imidazole rings is 1. The smallest absolute Gasteiger partial charge is 0.144 e. The zero-order valence-electron chi connectivity index (χ0n) is 13.4. The molecule has 0 aliphatic heterocycles. The van der Waals surface area contributed by atoms with Gasteiger partial charge in [0.25, 0.3) is 0 Å². The van der Waals surface area contributed by atoms with Gasteiger partial charge in [-0.25, -0.2) is 4.98 Å². The van der Waals surface area contributed by atoms with Gasteiger partial charge in [-0.05, 0) is 50.2 Å². The first-order chi connectivity index (χ1) is 11.6. The zero-order chi connectivity index (χ0) is 16.7. The number of anilines is 2. The summed E-state index contributed by atoms with van der Waals surface area (Å²) in [5.74, 6) is 0.929. The number of hydrogen-bond acceptors (Lipinski definition) is 3. The van der Waals surface area contributed by atoms with Crippen molar-refractivity contribution in [1.82, 2.24) is 9.38 Å². The maximum Gasteiger partial charge on any atom is 0.144 e. The Morgan fingerprint density at radius 2 is 1.79 bits per heavy atom. The minimum atomic E-state index is 0.681. The topological polar surface area (TPSA) is 29.3 Å². The molecular weight excluding hydrogens is 338 g/mol. The summed E-state index contributed by atoms with van der Waals surface area (Å²) in [5, 5.41) is 4.19. The summed E-state index contributed by atoms with van der Waals surface area (Å²) in [7, 11) is 0. The van der Waals surface area contributed by atoms with Gasteiger partial charge in [-0.2, -0.15) is 0 Å². The van der Waals surface area contributed by atoms with E-state index in [1.807, 2.05) is 22.7 Å². The van der Waals surface area contributed by atoms with Crippen molar-refractivity contribution in [2.24, 2.45) is 0 Å². The van der Waals surface area contributed by atoms with Gasteiger partial charge in [0, 0.05) is 16.8 Å². The molecule has 0 spiro atoms. The predicted molar refractivity (Wildman–Crippen MR) is 103 cm³/mol. The highest BCUT2D eigenvalue weighted by Crippen LogP contribution is 2.35. The molecule has 3 aromatic heterocycles. The molecule has 3 heterocycles. The van der Waals surface area contributed by atoms with Gasteiger partial charge < -0.3 is 5.32 Å². The van der Waals surface area contributed by atoms with Crippen LogP contribution in [0.3, 0.4) is 0 Å². The minimum Gasteiger partial charge on any atom is -0.339 e. The van der Waals surface area contributed by atoms with Crippen LogP contribution >= 0.6 is 22.9 Å². The second-order valence-corrected chi connectivity index (χ2v) is 7.51. The highest BCUT2D eigenvalue weighted by Gasteiger charge is 2.16. The van der Waals surface area contributed by atoms with E-state index in [0.29, 0.717) is 5.02 Å². The number of nitrogens with one attached hydrogen (secondary N) is 1. The summed E-state index contributed by atoms with van der Waals surface area (Å²) in [4.78, 5) is 7.21. The van der Waals surface area contributed by atoms with Crippen LogP contribution in [0.5, 0.6) is 0 Å². The van der Waals surface area contributed by atoms with E-state index >= 15 is 0 Å². The van der Waals surface area contributed by atoms with Crippen LogP contribution in [0.15, 0.2) is 54.7 Å². The first-order valence-electron chi connectivity index (χ1n) is 7.68. The monoisotopic (exact) mass is 353 g/mol. The average molecular weight is 354 g/mol. The molecule has 0 radical (unpaired) electrons. The normalized spacial score (nSPS) is 11.1. The Hall–Kier alpha value is -2.30. The van der Waals surface area contributed by atoms with Gasteiger partial charge in [0.05, 0.1) is 9.90 Å². The molecule has 0 saturated carbocycles. The van der Waals surface area contributed by atoms with Crippen LogP contribution in [0.1, 0.15) is 10.4 Å². The lowest BCUT2D eigenvalue weighted by Crippen LogP contribution is -1.96. The lowest BCUT2D eigenvalue weighted by Gasteiger charge is -2.09. The summed E-state index contributed by atoms with van der Waals surface area (Å²) in [5.41, 5.74) is 4.07. The van der Waals surface area contributed by atoms with Crippen LogP contribution in [0.25, 0.3) is 16.2 Å². The van der Waals surface area contributed by atoms with Crippen molar-refractivity contribution in [3.63, 3.8) is 0 Å². The maximum atomic E-state index is 6.20. The molecule has 0 amide bonds. The highest BCUT2D eigenvalue weighted by molar-refractivity contribution is 7.15. The van der Waals surface area contributed by atoms with Crippen molar-refractivity contribution >= 4 is 40.1 Å². The molecule has 5 heteroatoms. The Morgan fingerprint density at radius 1 is 1.00 bits per heavy atom. The van der Waals surface area contributed by atoms with Crippen LogP contribution in [0.2, 0.25) is 5.02 Å². The number of rotatable bonds is 3. The van der Waals surface area contributed by atoms with Gasteiger partial charge >= 0.3 is 0 Å². The van der Waals surface area contributed by atoms with Gasteiger partial charge in [-0.15, -0.1) is 11.3 Å². The fourth-order valence-corrected chi connectivity index (χ4v) is 3.66. The van der Waals surface area contributed by atoms with Crippen LogP contribution in [0, 0.1) is 13.8 Å². The van der Waals surface area contributed by atoms with E-state index in [1.165, 1.54) is 10.4 Å². The number of halogens is 1. The van der Waals surface area contributed by atoms with E-state index < -0.39 is 0 Å². The Morgan fingerprint density at radius 3 is 2.50 bits per heavy atom. The molecule has 1 aromatic carbocycles. The van der Waals surface area contributed by atoms with Gasteiger partial charge in [-0.3, -0.25) is 4.40 Å². The quantitative estimate of drug-likeness (QED) is 0.483. The molecule has 0 aliphatic carbocycles. The summed E-state index contributed by atoms with van der Waals surface area (Å²) in [6.07, 6.45) is 1.89. The molecule has 0 fully saturated rings. The second-order valence-electron chi connectivity index (χ2n) is 5.79. The summed E-state index contributed by atoms with van der Waals surface area (Å²) in [6, 6.07) is 16.4. The van der Waals surface area contributed by atoms with E-state index in [1.54, 1.807) is 11.3 Å². The Labute approximate surface area is 149 Å². The highest BCUT2D eigenvalue weighted by atomic mass is 35.5. The number of nitrogens with zero attached hydrogens (tertiary/aromatic N) is 2. The van der Waals surface area contributed by atoms with E-state index in [0.717, 1.165) is 27.7 Å². The van der Waals surface area contributed by atoms with Gasteiger partial charge in [-0.1, -0.05) is 29.3 Å². The third kappa shape index (κ3) is 2.79. The molecule has 3 nitrogen and oxygen atoms in total. The van der Waals surface area contributed by atoms with Crippen molar-refractivity contribution in [1.29, 1.82) is 0 Å². The Kier molecular flexibility index (Phi) is 3.79. The molecule has 24 heavy (non-hydrogen) atoms. The molecular formula is C19H16ClN3S. The number of aromatic nitrogens is 2. The fraction of sp³-hybridized carbons (Fsp3) is 0.105. The van der Waals surface area contributed by atoms with Crippen LogP contribution in [-0.4, -0.2) is 9.38 Å². The van der Waals surface area contributed by atoms with Gasteiger partial charge in [0.1, 0.15) is 17.2 Å². The third-order valence-corrected chi connectivity index (χ3v) is 5.10. The largest absolute Gasteiger partial charge is 0.339 e. The maximum absolute atomic E-state index is 6.20. The Balaban J connectivity index is 1.89. The van der Waals surface area contributed by atoms with Crippen LogP contribution in [-0.2, 0) is 0 Å². The number of benzene rings is 1. The van der Waals surface area contributed by atoms with E-state index in [2.05, 4.69) is 55.6 Å². The number of fused-ring (bicyclic) bond motifs is 1. The number of thiophene rings is 1. The molecule has 0 bridgehead atoms. The zero-order valence-corrected chi connectivity index (χ0v) is 14.9. The molecule has 1 N–H and O–H groups in total. The van der Waals surface area contributed by atoms with E-state index in [9.17, 15) is 0 Å². The predicted octanol–water partition coefficient (Wildman–Crippen LogP) is 6.08.